The van der Waals surface area contributed by atoms with Crippen molar-refractivity contribution in [3.8, 4) is 11.1 Å². The molecule has 2 atom stereocenters. The molecule has 4 rings (SSSR count). The molecule has 194 valence electrons. The maximum atomic E-state index is 15.0. The zero-order valence-electron chi connectivity index (χ0n) is 19.6. The van der Waals surface area contributed by atoms with E-state index in [1.54, 1.807) is 30.3 Å². The molecule has 0 unspecified atom stereocenters. The molecule has 3 aromatic rings. The first-order valence-corrected chi connectivity index (χ1v) is 13.1. The van der Waals surface area contributed by atoms with Gasteiger partial charge in [0.25, 0.3) is 0 Å². The van der Waals surface area contributed by atoms with Gasteiger partial charge in [0.15, 0.2) is 0 Å². The summed E-state index contributed by atoms with van der Waals surface area (Å²) in [5.74, 6) is -1.38. The third-order valence-corrected chi connectivity index (χ3v) is 7.21. The lowest BCUT2D eigenvalue weighted by atomic mass is 10.0. The second kappa shape index (κ2) is 10.9. The van der Waals surface area contributed by atoms with Gasteiger partial charge in [0.05, 0.1) is 16.7 Å². The van der Waals surface area contributed by atoms with Crippen molar-refractivity contribution in [1.82, 2.24) is 4.90 Å². The molecule has 1 aliphatic heterocycles. The number of sulfonamides is 1. The molecule has 1 heterocycles. The van der Waals surface area contributed by atoms with Gasteiger partial charge >= 0.3 is 6.03 Å². The molecule has 1 saturated heterocycles. The molecule has 12 heteroatoms. The Morgan fingerprint density at radius 3 is 2.43 bits per heavy atom. The highest BCUT2D eigenvalue weighted by Crippen LogP contribution is 2.30. The summed E-state index contributed by atoms with van der Waals surface area (Å²) in [4.78, 5) is 27.2. The fraction of sp³-hybridized carbons (Fsp3) is 0.200. The summed E-state index contributed by atoms with van der Waals surface area (Å²) in [6.07, 6.45) is -0.161. The van der Waals surface area contributed by atoms with Crippen molar-refractivity contribution in [2.24, 2.45) is 5.14 Å². The molecule has 0 aromatic heterocycles. The number of amides is 3. The maximum absolute atomic E-state index is 15.0. The van der Waals surface area contributed by atoms with Crippen LogP contribution in [0.25, 0.3) is 11.1 Å². The summed E-state index contributed by atoms with van der Waals surface area (Å²) in [6, 6.07) is 14.9. The van der Waals surface area contributed by atoms with Gasteiger partial charge in [-0.2, -0.15) is 0 Å². The first-order chi connectivity index (χ1) is 17.6. The van der Waals surface area contributed by atoms with E-state index >= 15 is 4.39 Å². The zero-order valence-corrected chi connectivity index (χ0v) is 21.2. The van der Waals surface area contributed by atoms with Gasteiger partial charge in [-0.1, -0.05) is 35.9 Å². The third-order valence-electron chi connectivity index (χ3n) is 5.99. The summed E-state index contributed by atoms with van der Waals surface area (Å²) in [6.45, 7) is 0.166. The monoisotopic (exact) mass is 546 g/mol. The Morgan fingerprint density at radius 1 is 1.08 bits per heavy atom. The molecule has 3 aromatic carbocycles. The van der Waals surface area contributed by atoms with Crippen molar-refractivity contribution in [2.45, 2.75) is 23.5 Å². The van der Waals surface area contributed by atoms with Gasteiger partial charge in [-0.25, -0.2) is 22.7 Å². The summed E-state index contributed by atoms with van der Waals surface area (Å²) in [5, 5.41) is 11.0. The summed E-state index contributed by atoms with van der Waals surface area (Å²) < 4.78 is 44.2. The number of nitrogens with two attached hydrogens (primary N) is 1. The number of hydrogen-bond acceptors (Lipinski definition) is 5. The van der Waals surface area contributed by atoms with E-state index in [0.29, 0.717) is 10.7 Å². The Balaban J connectivity index is 1.53. The van der Waals surface area contributed by atoms with Crippen LogP contribution in [0.3, 0.4) is 0 Å². The molecule has 0 saturated carbocycles. The third kappa shape index (κ3) is 6.08. The normalized spacial score (nSPS) is 17.5. The molecule has 1 aliphatic rings. The minimum absolute atomic E-state index is 0.124. The number of likely N-dealkylation sites (tertiary alicyclic amines) is 1. The van der Waals surface area contributed by atoms with E-state index in [9.17, 15) is 18.0 Å². The van der Waals surface area contributed by atoms with Gasteiger partial charge in [-0.3, -0.25) is 4.79 Å². The Morgan fingerprint density at radius 2 is 1.78 bits per heavy atom. The number of carbonyl (C=O) groups excluding carboxylic acids is 2. The first-order valence-electron chi connectivity index (χ1n) is 11.2. The lowest BCUT2D eigenvalue weighted by molar-refractivity contribution is -0.119. The van der Waals surface area contributed by atoms with Crippen molar-refractivity contribution in [3.63, 3.8) is 0 Å². The largest absolute Gasteiger partial charge is 0.380 e. The van der Waals surface area contributed by atoms with Crippen LogP contribution in [0.1, 0.15) is 6.42 Å². The number of benzene rings is 3. The first kappa shape index (κ1) is 26.6. The second-order valence-corrected chi connectivity index (χ2v) is 10.4. The molecule has 4 N–H and O–H groups in total. The van der Waals surface area contributed by atoms with Crippen molar-refractivity contribution in [2.75, 3.05) is 24.3 Å². The molecule has 0 aliphatic carbocycles. The highest BCUT2D eigenvalue weighted by atomic mass is 35.5. The van der Waals surface area contributed by atoms with Crippen molar-refractivity contribution < 1.29 is 27.1 Å². The van der Waals surface area contributed by atoms with Crippen LogP contribution in [0.15, 0.2) is 71.6 Å². The molecule has 3 amide bonds. The molecular weight excluding hydrogens is 523 g/mol. The van der Waals surface area contributed by atoms with Crippen molar-refractivity contribution in [1.29, 1.82) is 0 Å². The summed E-state index contributed by atoms with van der Waals surface area (Å²) in [5.41, 5.74) is 0.867. The van der Waals surface area contributed by atoms with Gasteiger partial charge < -0.3 is 20.3 Å². The number of halogens is 2. The van der Waals surface area contributed by atoms with Crippen LogP contribution in [0, 0.1) is 5.82 Å². The molecule has 0 radical (unpaired) electrons. The smallest absolute Gasteiger partial charge is 0.322 e. The van der Waals surface area contributed by atoms with Gasteiger partial charge in [0.2, 0.25) is 15.9 Å². The molecule has 0 spiro atoms. The van der Waals surface area contributed by atoms with Crippen LogP contribution >= 0.6 is 11.6 Å². The molecule has 37 heavy (non-hydrogen) atoms. The van der Waals surface area contributed by atoms with E-state index in [1.807, 2.05) is 0 Å². The molecule has 0 bridgehead atoms. The average Bonchev–Trinajstić information content (AvgIpc) is 3.31. The van der Waals surface area contributed by atoms with Gasteiger partial charge in [0.1, 0.15) is 11.9 Å². The van der Waals surface area contributed by atoms with Crippen molar-refractivity contribution in [3.05, 3.63) is 77.6 Å². The van der Waals surface area contributed by atoms with E-state index in [2.05, 4.69) is 10.6 Å². The lowest BCUT2D eigenvalue weighted by Gasteiger charge is -2.24. The minimum atomic E-state index is -4.04. The van der Waals surface area contributed by atoms with Gasteiger partial charge in [-0.15, -0.1) is 0 Å². The van der Waals surface area contributed by atoms with Crippen LogP contribution in [-0.2, 0) is 19.6 Å². The molecular formula is C25H24ClFN4O5S. The SMILES string of the molecule is CO[C@@H]1C[C@H](C(=O)Nc2ccc(-c3ccccc3S(N)(=O)=O)cc2F)N(C(=O)Nc2ccc(Cl)cc2)C1. The standard InChI is InChI=1S/C25H24ClFN4O5S/c1-36-18-13-22(31(14-18)25(33)29-17-9-7-16(26)8-10-17)24(32)30-21-11-6-15(12-20(21)27)19-4-2-3-5-23(19)37(28,34)35/h2-12,18,22H,13-14H2,1H3,(H,29,33)(H,30,32)(H2,28,34,35)/t18-,22-/m1/s1. The highest BCUT2D eigenvalue weighted by molar-refractivity contribution is 7.89. The summed E-state index contributed by atoms with van der Waals surface area (Å²) in [7, 11) is -2.55. The van der Waals surface area contributed by atoms with Crippen LogP contribution in [0.5, 0.6) is 0 Å². The topological polar surface area (TPSA) is 131 Å². The number of anilines is 2. The quantitative estimate of drug-likeness (QED) is 0.429. The van der Waals surface area contributed by atoms with E-state index in [4.69, 9.17) is 21.5 Å². The fourth-order valence-corrected chi connectivity index (χ4v) is 5.01. The van der Waals surface area contributed by atoms with Crippen LogP contribution in [-0.4, -0.2) is 51.1 Å². The Kier molecular flexibility index (Phi) is 7.79. The number of nitrogens with one attached hydrogen (secondary N) is 2. The number of urea groups is 1. The number of rotatable bonds is 6. The predicted octanol–water partition coefficient (Wildman–Crippen LogP) is 4.05. The summed E-state index contributed by atoms with van der Waals surface area (Å²) >= 11 is 5.88. The Labute approximate surface area is 218 Å². The molecule has 1 fully saturated rings. The number of ether oxygens (including phenoxy) is 1. The van der Waals surface area contributed by atoms with E-state index < -0.39 is 33.8 Å². The Bertz CT molecular complexity index is 1440. The molecule has 9 nitrogen and oxygen atoms in total. The zero-order chi connectivity index (χ0) is 26.7. The van der Waals surface area contributed by atoms with Crippen molar-refractivity contribution >= 4 is 44.9 Å². The number of nitrogens with zero attached hydrogens (tertiary/aromatic N) is 1. The Hall–Kier alpha value is -3.51. The van der Waals surface area contributed by atoms with Gasteiger partial charge in [-0.05, 0) is 48.0 Å². The predicted molar refractivity (Wildman–Crippen MR) is 138 cm³/mol. The highest BCUT2D eigenvalue weighted by Gasteiger charge is 2.40. The van der Waals surface area contributed by atoms with Gasteiger partial charge in [0, 0.05) is 36.3 Å². The lowest BCUT2D eigenvalue weighted by Crippen LogP contribution is -2.45. The van der Waals surface area contributed by atoms with E-state index in [1.165, 1.54) is 42.3 Å². The van der Waals surface area contributed by atoms with Crippen LogP contribution in [0.4, 0.5) is 20.6 Å². The second-order valence-electron chi connectivity index (χ2n) is 8.42. The number of hydrogen-bond donors (Lipinski definition) is 3. The van der Waals surface area contributed by atoms with Crippen LogP contribution < -0.4 is 15.8 Å². The maximum Gasteiger partial charge on any atom is 0.322 e. The average molecular weight is 547 g/mol. The van der Waals surface area contributed by atoms with E-state index in [-0.39, 0.29) is 40.8 Å². The number of methoxy groups -OCH3 is 1. The number of carbonyl (C=O) groups is 2. The van der Waals surface area contributed by atoms with Crippen LogP contribution in [0.2, 0.25) is 5.02 Å². The number of primary sulfonamides is 1. The fourth-order valence-electron chi connectivity index (χ4n) is 4.12. The van der Waals surface area contributed by atoms with E-state index in [0.717, 1.165) is 6.07 Å². The minimum Gasteiger partial charge on any atom is -0.380 e.